The molecule has 2 aliphatic rings. The van der Waals surface area contributed by atoms with Crippen molar-refractivity contribution in [3.8, 4) is 0 Å². The minimum atomic E-state index is -0.574. The Morgan fingerprint density at radius 3 is 2.66 bits per heavy atom. The summed E-state index contributed by atoms with van der Waals surface area (Å²) in [7, 11) is 2.14. The standard InChI is InChI=1S/C23H30FN7O/c1-15-13-16(7-8-20(15)31-11-9-30(2)10-12-31)27-23-26-14-18(24)22(29-23)28-19-6-4-3-5-17(19)21(25)32/h3-4,7-8,13-14,17,19H,5-6,9-12H2,1-2H3,(H2,25,32)(H2,26,27,28,29). The molecule has 1 fully saturated rings. The molecule has 32 heavy (non-hydrogen) atoms. The SMILES string of the molecule is Cc1cc(Nc2ncc(F)c(NC3CC=CCC3C(N)=O)n2)ccc1N1CCN(C)CC1. The number of nitrogens with two attached hydrogens (primary N) is 1. The largest absolute Gasteiger partial charge is 0.369 e. The van der Waals surface area contributed by atoms with Crippen molar-refractivity contribution < 1.29 is 9.18 Å². The van der Waals surface area contributed by atoms with Crippen LogP contribution >= 0.6 is 0 Å². The van der Waals surface area contributed by atoms with Crippen molar-refractivity contribution in [1.82, 2.24) is 14.9 Å². The Labute approximate surface area is 187 Å². The third-order valence-corrected chi connectivity index (χ3v) is 6.16. The molecule has 8 nitrogen and oxygen atoms in total. The predicted octanol–water partition coefficient (Wildman–Crippen LogP) is 2.65. The van der Waals surface area contributed by atoms with Crippen LogP contribution in [0.4, 0.5) is 27.5 Å². The molecule has 1 aromatic carbocycles. The van der Waals surface area contributed by atoms with Crippen molar-refractivity contribution >= 4 is 29.0 Å². The van der Waals surface area contributed by atoms with Gasteiger partial charge in [0.05, 0.1) is 12.1 Å². The quantitative estimate of drug-likeness (QED) is 0.595. The number of primary amides is 1. The van der Waals surface area contributed by atoms with E-state index in [0.717, 1.165) is 43.6 Å². The van der Waals surface area contributed by atoms with E-state index < -0.39 is 17.6 Å². The molecule has 0 bridgehead atoms. The Morgan fingerprint density at radius 2 is 1.94 bits per heavy atom. The summed E-state index contributed by atoms with van der Waals surface area (Å²) in [6.45, 7) is 6.18. The first-order valence-corrected chi connectivity index (χ1v) is 11.0. The van der Waals surface area contributed by atoms with Crippen LogP contribution in [0.1, 0.15) is 18.4 Å². The fraction of sp³-hybridized carbons (Fsp3) is 0.435. The fourth-order valence-electron chi connectivity index (χ4n) is 4.26. The van der Waals surface area contributed by atoms with Crippen LogP contribution in [0.5, 0.6) is 0 Å². The monoisotopic (exact) mass is 439 g/mol. The maximum Gasteiger partial charge on any atom is 0.229 e. The van der Waals surface area contributed by atoms with Crippen LogP contribution in [-0.2, 0) is 4.79 Å². The Balaban J connectivity index is 1.47. The average Bonchev–Trinajstić information content (AvgIpc) is 2.77. The molecule has 0 spiro atoms. The van der Waals surface area contributed by atoms with Gasteiger partial charge >= 0.3 is 0 Å². The molecule has 2 aromatic rings. The van der Waals surface area contributed by atoms with E-state index in [1.54, 1.807) is 0 Å². The van der Waals surface area contributed by atoms with Crippen LogP contribution in [0.25, 0.3) is 0 Å². The van der Waals surface area contributed by atoms with Gasteiger partial charge in [0.2, 0.25) is 11.9 Å². The second-order valence-electron chi connectivity index (χ2n) is 8.51. The average molecular weight is 440 g/mol. The van der Waals surface area contributed by atoms with Gasteiger partial charge in [0, 0.05) is 43.6 Å². The van der Waals surface area contributed by atoms with Gasteiger partial charge < -0.3 is 26.2 Å². The van der Waals surface area contributed by atoms with Gasteiger partial charge in [-0.3, -0.25) is 4.79 Å². The molecule has 2 heterocycles. The first kappa shape index (κ1) is 22.0. The molecular weight excluding hydrogens is 409 g/mol. The van der Waals surface area contributed by atoms with E-state index in [1.165, 1.54) is 5.69 Å². The van der Waals surface area contributed by atoms with Gasteiger partial charge in [-0.15, -0.1) is 0 Å². The zero-order valence-corrected chi connectivity index (χ0v) is 18.5. The first-order valence-electron chi connectivity index (χ1n) is 11.0. The van der Waals surface area contributed by atoms with E-state index in [0.29, 0.717) is 12.8 Å². The van der Waals surface area contributed by atoms with Crippen LogP contribution in [0.3, 0.4) is 0 Å². The molecule has 4 rings (SSSR count). The maximum absolute atomic E-state index is 14.4. The molecule has 2 atom stereocenters. The van der Waals surface area contributed by atoms with E-state index in [-0.39, 0.29) is 17.8 Å². The van der Waals surface area contributed by atoms with Crippen LogP contribution in [0.2, 0.25) is 0 Å². The topological polar surface area (TPSA) is 99.4 Å². The number of benzene rings is 1. The summed E-state index contributed by atoms with van der Waals surface area (Å²) in [5.74, 6) is -1.05. The second kappa shape index (κ2) is 9.52. The van der Waals surface area contributed by atoms with Crippen molar-refractivity contribution in [2.24, 2.45) is 11.7 Å². The minimum Gasteiger partial charge on any atom is -0.369 e. The summed E-state index contributed by atoms with van der Waals surface area (Å²) in [5.41, 5.74) is 8.71. The number of allylic oxidation sites excluding steroid dienone is 1. The summed E-state index contributed by atoms with van der Waals surface area (Å²) in [4.78, 5) is 24.8. The van der Waals surface area contributed by atoms with Crippen molar-refractivity contribution in [3.63, 3.8) is 0 Å². The van der Waals surface area contributed by atoms with Crippen LogP contribution < -0.4 is 21.3 Å². The number of anilines is 4. The fourth-order valence-corrected chi connectivity index (χ4v) is 4.26. The molecule has 9 heteroatoms. The van der Waals surface area contributed by atoms with Gasteiger partial charge in [0.1, 0.15) is 0 Å². The van der Waals surface area contributed by atoms with E-state index in [9.17, 15) is 9.18 Å². The van der Waals surface area contributed by atoms with E-state index >= 15 is 0 Å². The molecule has 170 valence electrons. The highest BCUT2D eigenvalue weighted by atomic mass is 19.1. The molecule has 2 unspecified atom stereocenters. The van der Waals surface area contributed by atoms with Crippen molar-refractivity contribution in [3.05, 3.63) is 47.9 Å². The van der Waals surface area contributed by atoms with Crippen molar-refractivity contribution in [2.45, 2.75) is 25.8 Å². The number of hydrogen-bond donors (Lipinski definition) is 3. The number of aryl methyl sites for hydroxylation is 1. The van der Waals surface area contributed by atoms with Gasteiger partial charge in [-0.1, -0.05) is 12.2 Å². The lowest BCUT2D eigenvalue weighted by atomic mass is 9.88. The molecule has 0 saturated carbocycles. The summed E-state index contributed by atoms with van der Waals surface area (Å²) in [6, 6.07) is 5.81. The molecule has 0 radical (unpaired) electrons. The number of carbonyl (C=O) groups is 1. The highest BCUT2D eigenvalue weighted by Crippen LogP contribution is 2.27. The molecular formula is C23H30FN7O. The van der Waals surface area contributed by atoms with Gasteiger partial charge in [0.25, 0.3) is 0 Å². The zero-order valence-electron chi connectivity index (χ0n) is 18.5. The van der Waals surface area contributed by atoms with Crippen molar-refractivity contribution in [1.29, 1.82) is 0 Å². The molecule has 1 aliphatic carbocycles. The molecule has 4 N–H and O–H groups in total. The van der Waals surface area contributed by atoms with Gasteiger partial charge in [-0.25, -0.2) is 9.37 Å². The van der Waals surface area contributed by atoms with Gasteiger partial charge in [0.15, 0.2) is 11.6 Å². The Hall–Kier alpha value is -3.20. The molecule has 1 aromatic heterocycles. The van der Waals surface area contributed by atoms with Gasteiger partial charge in [-0.05, 0) is 50.6 Å². The summed E-state index contributed by atoms with van der Waals surface area (Å²) in [5, 5.41) is 6.20. The number of hydrogen-bond acceptors (Lipinski definition) is 7. The maximum atomic E-state index is 14.4. The first-order chi connectivity index (χ1) is 15.4. The van der Waals surface area contributed by atoms with Crippen LogP contribution in [-0.4, -0.2) is 60.0 Å². The normalized spacial score (nSPS) is 21.4. The third kappa shape index (κ3) is 4.99. The van der Waals surface area contributed by atoms with Crippen LogP contribution in [0.15, 0.2) is 36.5 Å². The second-order valence-corrected chi connectivity index (χ2v) is 8.51. The van der Waals surface area contributed by atoms with E-state index in [4.69, 9.17) is 5.73 Å². The lowest BCUT2D eigenvalue weighted by Gasteiger charge is -2.35. The number of aromatic nitrogens is 2. The number of nitrogens with one attached hydrogen (secondary N) is 2. The number of amides is 1. The Bertz CT molecular complexity index is 1000. The number of halogens is 1. The highest BCUT2D eigenvalue weighted by molar-refractivity contribution is 5.78. The zero-order chi connectivity index (χ0) is 22.7. The molecule has 1 saturated heterocycles. The summed E-state index contributed by atoms with van der Waals surface area (Å²) >= 11 is 0. The molecule has 1 aliphatic heterocycles. The van der Waals surface area contributed by atoms with Gasteiger partial charge in [-0.2, -0.15) is 4.98 Å². The lowest BCUT2D eigenvalue weighted by Crippen LogP contribution is -2.44. The molecule has 1 amide bonds. The third-order valence-electron chi connectivity index (χ3n) is 6.16. The smallest absolute Gasteiger partial charge is 0.229 e. The van der Waals surface area contributed by atoms with Crippen LogP contribution in [0, 0.1) is 18.7 Å². The predicted molar refractivity (Wildman–Crippen MR) is 125 cm³/mol. The number of piperazine rings is 1. The number of likely N-dealkylation sites (N-methyl/N-ethyl adjacent to an activating group) is 1. The van der Waals surface area contributed by atoms with E-state index in [1.807, 2.05) is 24.3 Å². The lowest BCUT2D eigenvalue weighted by molar-refractivity contribution is -0.122. The summed E-state index contributed by atoms with van der Waals surface area (Å²) < 4.78 is 14.4. The number of carbonyl (C=O) groups excluding carboxylic acids is 1. The minimum absolute atomic E-state index is 0.0554. The number of rotatable bonds is 6. The van der Waals surface area contributed by atoms with E-state index in [2.05, 4.69) is 50.4 Å². The summed E-state index contributed by atoms with van der Waals surface area (Å²) in [6.07, 6.45) is 6.11. The van der Waals surface area contributed by atoms with Crippen molar-refractivity contribution in [2.75, 3.05) is 48.8 Å². The number of nitrogens with zero attached hydrogens (tertiary/aromatic N) is 4. The Kier molecular flexibility index (Phi) is 6.55. The highest BCUT2D eigenvalue weighted by Gasteiger charge is 2.28. The Morgan fingerprint density at radius 1 is 1.19 bits per heavy atom.